The van der Waals surface area contributed by atoms with Gasteiger partial charge in [-0.25, -0.2) is 4.98 Å². The standard InChI is InChI=1S/C12H15ClN4O/c13-11-7-10(9-14)8-12(16-11)15-1-2-17-3-5-18-6-4-17/h7-8H,1-6H2,(H,15,16). The van der Waals surface area contributed by atoms with E-state index in [1.807, 2.05) is 0 Å². The van der Waals surface area contributed by atoms with Gasteiger partial charge in [-0.15, -0.1) is 0 Å². The first-order valence-electron chi connectivity index (χ1n) is 5.89. The Morgan fingerprint density at radius 2 is 2.22 bits per heavy atom. The molecule has 2 heterocycles. The molecular weight excluding hydrogens is 252 g/mol. The molecule has 0 unspecified atom stereocenters. The first-order chi connectivity index (χ1) is 8.78. The highest BCUT2D eigenvalue weighted by Gasteiger charge is 2.09. The van der Waals surface area contributed by atoms with Crippen molar-refractivity contribution in [3.05, 3.63) is 22.8 Å². The summed E-state index contributed by atoms with van der Waals surface area (Å²) in [5.74, 6) is 0.646. The molecule has 2 rings (SSSR count). The minimum absolute atomic E-state index is 0.336. The quantitative estimate of drug-likeness (QED) is 0.834. The maximum Gasteiger partial charge on any atom is 0.132 e. The van der Waals surface area contributed by atoms with Crippen LogP contribution in [0.1, 0.15) is 5.56 Å². The van der Waals surface area contributed by atoms with Crippen LogP contribution in [0.2, 0.25) is 5.15 Å². The van der Waals surface area contributed by atoms with Gasteiger partial charge < -0.3 is 10.1 Å². The van der Waals surface area contributed by atoms with Crippen LogP contribution in [-0.4, -0.2) is 49.3 Å². The summed E-state index contributed by atoms with van der Waals surface area (Å²) < 4.78 is 5.28. The molecule has 0 spiro atoms. The number of halogens is 1. The fourth-order valence-electron chi connectivity index (χ4n) is 1.82. The summed E-state index contributed by atoms with van der Waals surface area (Å²) in [5, 5.41) is 12.3. The number of anilines is 1. The van der Waals surface area contributed by atoms with Gasteiger partial charge in [-0.2, -0.15) is 5.26 Å². The van der Waals surface area contributed by atoms with Crippen LogP contribution in [0.5, 0.6) is 0 Å². The predicted molar refractivity (Wildman–Crippen MR) is 69.7 cm³/mol. The molecule has 1 aliphatic heterocycles. The van der Waals surface area contributed by atoms with Gasteiger partial charge in [-0.05, 0) is 12.1 Å². The topological polar surface area (TPSA) is 61.2 Å². The van der Waals surface area contributed by atoms with E-state index >= 15 is 0 Å². The first-order valence-corrected chi connectivity index (χ1v) is 6.27. The number of nitriles is 1. The second kappa shape index (κ2) is 6.55. The van der Waals surface area contributed by atoms with Gasteiger partial charge in [0.2, 0.25) is 0 Å². The van der Waals surface area contributed by atoms with Crippen LogP contribution in [0.15, 0.2) is 12.1 Å². The summed E-state index contributed by atoms with van der Waals surface area (Å²) >= 11 is 5.83. The molecule has 1 aliphatic rings. The Morgan fingerprint density at radius 1 is 1.44 bits per heavy atom. The Bertz CT molecular complexity index is 440. The number of rotatable bonds is 4. The maximum atomic E-state index is 8.83. The third kappa shape index (κ3) is 3.84. The molecule has 0 saturated carbocycles. The van der Waals surface area contributed by atoms with Crippen molar-refractivity contribution in [1.82, 2.24) is 9.88 Å². The van der Waals surface area contributed by atoms with E-state index in [0.29, 0.717) is 16.5 Å². The summed E-state index contributed by atoms with van der Waals surface area (Å²) in [4.78, 5) is 6.45. The van der Waals surface area contributed by atoms with E-state index in [9.17, 15) is 0 Å². The van der Waals surface area contributed by atoms with Gasteiger partial charge in [0.25, 0.3) is 0 Å². The van der Waals surface area contributed by atoms with E-state index in [1.165, 1.54) is 0 Å². The van der Waals surface area contributed by atoms with Crippen LogP contribution >= 0.6 is 11.6 Å². The summed E-state index contributed by atoms with van der Waals surface area (Å²) in [6.45, 7) is 5.24. The molecule has 6 heteroatoms. The third-order valence-corrected chi connectivity index (χ3v) is 2.95. The number of hydrogen-bond acceptors (Lipinski definition) is 5. The SMILES string of the molecule is N#Cc1cc(Cl)nc(NCCN2CCOCC2)c1. The Hall–Kier alpha value is -1.35. The summed E-state index contributed by atoms with van der Waals surface area (Å²) in [6.07, 6.45) is 0. The molecule has 1 saturated heterocycles. The summed E-state index contributed by atoms with van der Waals surface area (Å²) in [5.41, 5.74) is 0.517. The smallest absolute Gasteiger partial charge is 0.132 e. The molecule has 5 nitrogen and oxygen atoms in total. The van der Waals surface area contributed by atoms with Gasteiger partial charge in [0, 0.05) is 26.2 Å². The Labute approximate surface area is 111 Å². The second-order valence-corrected chi connectivity index (χ2v) is 4.44. The molecule has 96 valence electrons. The molecular formula is C12H15ClN4O. The number of hydrogen-bond donors (Lipinski definition) is 1. The molecule has 0 atom stereocenters. The Morgan fingerprint density at radius 3 is 2.94 bits per heavy atom. The predicted octanol–water partition coefficient (Wildman–Crippen LogP) is 1.35. The van der Waals surface area contributed by atoms with Crippen molar-refractivity contribution in [2.24, 2.45) is 0 Å². The first kappa shape index (κ1) is 13.1. The van der Waals surface area contributed by atoms with Crippen LogP contribution in [0.3, 0.4) is 0 Å². The van der Waals surface area contributed by atoms with Gasteiger partial charge in [0.05, 0.1) is 24.8 Å². The normalized spacial score (nSPS) is 16.2. The maximum absolute atomic E-state index is 8.83. The monoisotopic (exact) mass is 266 g/mol. The summed E-state index contributed by atoms with van der Waals surface area (Å²) in [6, 6.07) is 5.31. The molecule has 18 heavy (non-hydrogen) atoms. The number of nitrogens with zero attached hydrogens (tertiary/aromatic N) is 3. The highest BCUT2D eigenvalue weighted by molar-refractivity contribution is 6.29. The van der Waals surface area contributed by atoms with Crippen molar-refractivity contribution in [2.75, 3.05) is 44.7 Å². The lowest BCUT2D eigenvalue weighted by molar-refractivity contribution is 0.0398. The fourth-order valence-corrected chi connectivity index (χ4v) is 2.03. The van der Waals surface area contributed by atoms with E-state index in [1.54, 1.807) is 12.1 Å². The lowest BCUT2D eigenvalue weighted by Gasteiger charge is -2.26. The number of morpholine rings is 1. The van der Waals surface area contributed by atoms with Gasteiger partial charge in [0.1, 0.15) is 11.0 Å². The number of pyridine rings is 1. The highest BCUT2D eigenvalue weighted by atomic mass is 35.5. The Balaban J connectivity index is 1.82. The van der Waals surface area contributed by atoms with E-state index in [4.69, 9.17) is 21.6 Å². The average molecular weight is 267 g/mol. The molecule has 1 aromatic heterocycles. The number of nitrogens with one attached hydrogen (secondary N) is 1. The van der Waals surface area contributed by atoms with Crippen LogP contribution < -0.4 is 5.32 Å². The molecule has 0 bridgehead atoms. The largest absolute Gasteiger partial charge is 0.379 e. The van der Waals surface area contributed by atoms with Crippen molar-refractivity contribution >= 4 is 17.4 Å². The highest BCUT2D eigenvalue weighted by Crippen LogP contribution is 2.13. The van der Waals surface area contributed by atoms with E-state index in [2.05, 4.69) is 21.3 Å². The minimum Gasteiger partial charge on any atom is -0.379 e. The zero-order valence-corrected chi connectivity index (χ0v) is 10.8. The van der Waals surface area contributed by atoms with E-state index < -0.39 is 0 Å². The number of aromatic nitrogens is 1. The third-order valence-electron chi connectivity index (χ3n) is 2.76. The molecule has 0 radical (unpaired) electrons. The van der Waals surface area contributed by atoms with Crippen molar-refractivity contribution < 1.29 is 4.74 Å². The molecule has 0 amide bonds. The van der Waals surface area contributed by atoms with Crippen LogP contribution in [0.25, 0.3) is 0 Å². The average Bonchev–Trinajstić information content (AvgIpc) is 2.39. The minimum atomic E-state index is 0.336. The van der Waals surface area contributed by atoms with Crippen LogP contribution in [0.4, 0.5) is 5.82 Å². The molecule has 1 N–H and O–H groups in total. The lowest BCUT2D eigenvalue weighted by atomic mass is 10.3. The zero-order chi connectivity index (χ0) is 12.8. The van der Waals surface area contributed by atoms with Crippen molar-refractivity contribution in [1.29, 1.82) is 5.26 Å². The van der Waals surface area contributed by atoms with Crippen molar-refractivity contribution in [3.63, 3.8) is 0 Å². The van der Waals surface area contributed by atoms with Gasteiger partial charge >= 0.3 is 0 Å². The Kier molecular flexibility index (Phi) is 4.76. The van der Waals surface area contributed by atoms with Gasteiger partial charge in [0.15, 0.2) is 0 Å². The van der Waals surface area contributed by atoms with E-state index in [0.717, 1.165) is 39.4 Å². The molecule has 0 aliphatic carbocycles. The van der Waals surface area contributed by atoms with Crippen molar-refractivity contribution in [2.45, 2.75) is 0 Å². The van der Waals surface area contributed by atoms with Gasteiger partial charge in [-0.1, -0.05) is 11.6 Å². The number of ether oxygens (including phenoxy) is 1. The molecule has 1 aromatic rings. The summed E-state index contributed by atoms with van der Waals surface area (Å²) in [7, 11) is 0. The lowest BCUT2D eigenvalue weighted by Crippen LogP contribution is -2.39. The van der Waals surface area contributed by atoms with Crippen LogP contribution in [-0.2, 0) is 4.74 Å². The van der Waals surface area contributed by atoms with Crippen LogP contribution in [0, 0.1) is 11.3 Å². The van der Waals surface area contributed by atoms with Gasteiger partial charge in [-0.3, -0.25) is 4.90 Å². The second-order valence-electron chi connectivity index (χ2n) is 4.06. The fraction of sp³-hybridized carbons (Fsp3) is 0.500. The van der Waals surface area contributed by atoms with E-state index in [-0.39, 0.29) is 0 Å². The zero-order valence-electron chi connectivity index (χ0n) is 10.0. The molecule has 1 fully saturated rings. The van der Waals surface area contributed by atoms with Crippen molar-refractivity contribution in [3.8, 4) is 6.07 Å². The molecule has 0 aromatic carbocycles.